The van der Waals surface area contributed by atoms with Crippen molar-refractivity contribution < 1.29 is 14.3 Å². The van der Waals surface area contributed by atoms with E-state index < -0.39 is 0 Å². The first kappa shape index (κ1) is 21.7. The van der Waals surface area contributed by atoms with E-state index in [0.29, 0.717) is 11.0 Å². The van der Waals surface area contributed by atoms with Crippen LogP contribution in [0, 0.1) is 0 Å². The minimum absolute atomic E-state index is 0.0269. The van der Waals surface area contributed by atoms with Gasteiger partial charge in [-0.05, 0) is 37.8 Å². The molecular weight excluding hydrogens is 386 g/mol. The Balaban J connectivity index is 1.51. The van der Waals surface area contributed by atoms with Gasteiger partial charge in [0.15, 0.2) is 11.7 Å². The second kappa shape index (κ2) is 10.2. The number of nitrogens with zero attached hydrogens (tertiary/aromatic N) is 2. The van der Waals surface area contributed by atoms with E-state index in [2.05, 4.69) is 49.0 Å². The van der Waals surface area contributed by atoms with Crippen LogP contribution in [-0.2, 0) is 16.1 Å². The molecule has 1 aromatic carbocycles. The third kappa shape index (κ3) is 6.26. The smallest absolute Gasteiger partial charge is 0.264 e. The molecule has 1 N–H and O–H groups in total. The molecule has 0 aliphatic carbocycles. The van der Waals surface area contributed by atoms with Gasteiger partial charge in [-0.1, -0.05) is 32.0 Å². The van der Waals surface area contributed by atoms with Crippen LogP contribution in [-0.4, -0.2) is 47.7 Å². The highest BCUT2D eigenvalue weighted by molar-refractivity contribution is 7.13. The number of hydrogen-bond donors (Lipinski definition) is 1. The molecule has 0 spiro atoms. The van der Waals surface area contributed by atoms with Crippen LogP contribution in [0.15, 0.2) is 29.6 Å². The number of para-hydroxylation sites is 1. The molecule has 1 saturated heterocycles. The number of anilines is 1. The third-order valence-corrected chi connectivity index (χ3v) is 5.91. The average molecular weight is 418 g/mol. The lowest BCUT2D eigenvalue weighted by Gasteiger charge is -2.34. The number of thiazole rings is 1. The van der Waals surface area contributed by atoms with Gasteiger partial charge >= 0.3 is 0 Å². The van der Waals surface area contributed by atoms with Gasteiger partial charge in [-0.15, -0.1) is 11.3 Å². The fraction of sp³-hybridized carbons (Fsp3) is 0.545. The summed E-state index contributed by atoms with van der Waals surface area (Å²) in [5.41, 5.74) is 2.10. The van der Waals surface area contributed by atoms with Crippen molar-refractivity contribution >= 4 is 22.4 Å². The van der Waals surface area contributed by atoms with Crippen molar-refractivity contribution in [2.45, 2.75) is 58.8 Å². The van der Waals surface area contributed by atoms with Crippen molar-refractivity contribution in [1.82, 2.24) is 9.88 Å². The molecule has 0 bridgehead atoms. The molecule has 1 aromatic heterocycles. The Hall–Kier alpha value is -1.96. The quantitative estimate of drug-likeness (QED) is 0.694. The zero-order valence-corrected chi connectivity index (χ0v) is 18.5. The topological polar surface area (TPSA) is 63.7 Å². The van der Waals surface area contributed by atoms with Crippen LogP contribution in [0.3, 0.4) is 0 Å². The highest BCUT2D eigenvalue weighted by atomic mass is 32.1. The number of morpholine rings is 1. The monoisotopic (exact) mass is 417 g/mol. The summed E-state index contributed by atoms with van der Waals surface area (Å²) in [5, 5.41) is 5.46. The Morgan fingerprint density at radius 3 is 2.79 bits per heavy atom. The lowest BCUT2D eigenvalue weighted by molar-refractivity contribution is -0.118. The van der Waals surface area contributed by atoms with Crippen LogP contribution in [0.2, 0.25) is 0 Å². The maximum atomic E-state index is 12.3. The average Bonchev–Trinajstić information content (AvgIpc) is 3.11. The predicted molar refractivity (Wildman–Crippen MR) is 117 cm³/mol. The van der Waals surface area contributed by atoms with E-state index in [1.807, 2.05) is 23.6 Å². The van der Waals surface area contributed by atoms with Crippen LogP contribution in [0.25, 0.3) is 0 Å². The first-order chi connectivity index (χ1) is 13.9. The molecule has 6 nitrogen and oxygen atoms in total. The molecule has 3 atom stereocenters. The van der Waals surface area contributed by atoms with Gasteiger partial charge in [0.2, 0.25) is 0 Å². The molecule has 29 heavy (non-hydrogen) atoms. The second-order valence-corrected chi connectivity index (χ2v) is 8.64. The normalized spacial score (nSPS) is 21.0. The summed E-state index contributed by atoms with van der Waals surface area (Å²) < 4.78 is 11.6. The van der Waals surface area contributed by atoms with Crippen LogP contribution >= 0.6 is 11.3 Å². The summed E-state index contributed by atoms with van der Waals surface area (Å²) >= 11 is 1.44. The van der Waals surface area contributed by atoms with Crippen molar-refractivity contribution in [2.24, 2.45) is 0 Å². The third-order valence-electron chi connectivity index (χ3n) is 5.10. The fourth-order valence-corrected chi connectivity index (χ4v) is 4.33. The van der Waals surface area contributed by atoms with Crippen molar-refractivity contribution in [3.63, 3.8) is 0 Å². The molecule has 158 valence electrons. The van der Waals surface area contributed by atoms with E-state index in [-0.39, 0.29) is 24.7 Å². The highest BCUT2D eigenvalue weighted by Crippen LogP contribution is 2.28. The van der Waals surface area contributed by atoms with Crippen molar-refractivity contribution in [3.8, 4) is 5.75 Å². The van der Waals surface area contributed by atoms with E-state index in [1.165, 1.54) is 11.3 Å². The molecule has 1 amide bonds. The molecular formula is C22H31N3O3S. The SMILES string of the molecule is CCC(C)c1ccccc1OCC(=O)Nc1nc(CN2CC(C)OC(C)C2)cs1. The van der Waals surface area contributed by atoms with E-state index in [9.17, 15) is 4.79 Å². The number of carbonyl (C=O) groups excluding carboxylic acids is 1. The van der Waals surface area contributed by atoms with Gasteiger partial charge in [0.05, 0.1) is 17.9 Å². The molecule has 1 aliphatic heterocycles. The molecule has 1 aliphatic rings. The summed E-state index contributed by atoms with van der Waals surface area (Å²) in [6.07, 6.45) is 1.48. The summed E-state index contributed by atoms with van der Waals surface area (Å²) in [7, 11) is 0. The number of carbonyl (C=O) groups is 1. The zero-order chi connectivity index (χ0) is 20.8. The Bertz CT molecular complexity index is 800. The fourth-order valence-electron chi connectivity index (χ4n) is 3.62. The first-order valence-corrected chi connectivity index (χ1v) is 11.2. The largest absolute Gasteiger partial charge is 0.483 e. The Kier molecular flexibility index (Phi) is 7.64. The maximum absolute atomic E-state index is 12.3. The first-order valence-electron chi connectivity index (χ1n) is 10.3. The summed E-state index contributed by atoms with van der Waals surface area (Å²) in [6, 6.07) is 7.91. The Morgan fingerprint density at radius 1 is 1.34 bits per heavy atom. The lowest BCUT2D eigenvalue weighted by atomic mass is 9.98. The van der Waals surface area contributed by atoms with Gasteiger partial charge in [0.1, 0.15) is 5.75 Å². The minimum Gasteiger partial charge on any atom is -0.483 e. The molecule has 0 saturated carbocycles. The number of ether oxygens (including phenoxy) is 2. The van der Waals surface area contributed by atoms with Gasteiger partial charge in [0, 0.05) is 25.0 Å². The maximum Gasteiger partial charge on any atom is 0.264 e. The van der Waals surface area contributed by atoms with Gasteiger partial charge in [-0.3, -0.25) is 15.0 Å². The minimum atomic E-state index is -0.196. The molecule has 0 radical (unpaired) electrons. The summed E-state index contributed by atoms with van der Waals surface area (Å²) in [4.78, 5) is 19.2. The van der Waals surface area contributed by atoms with Crippen molar-refractivity contribution in [1.29, 1.82) is 0 Å². The van der Waals surface area contributed by atoms with E-state index in [4.69, 9.17) is 9.47 Å². The van der Waals surface area contributed by atoms with Crippen molar-refractivity contribution in [3.05, 3.63) is 40.9 Å². The van der Waals surface area contributed by atoms with Gasteiger partial charge < -0.3 is 9.47 Å². The van der Waals surface area contributed by atoms with E-state index in [0.717, 1.165) is 43.1 Å². The van der Waals surface area contributed by atoms with Gasteiger partial charge in [-0.2, -0.15) is 0 Å². The molecule has 3 rings (SSSR count). The Morgan fingerprint density at radius 2 is 2.07 bits per heavy atom. The molecule has 1 fully saturated rings. The number of aromatic nitrogens is 1. The number of hydrogen-bond acceptors (Lipinski definition) is 6. The second-order valence-electron chi connectivity index (χ2n) is 7.78. The number of nitrogens with one attached hydrogen (secondary N) is 1. The molecule has 2 aromatic rings. The predicted octanol–water partition coefficient (Wildman–Crippen LogP) is 4.28. The van der Waals surface area contributed by atoms with Crippen LogP contribution in [0.4, 0.5) is 5.13 Å². The van der Waals surface area contributed by atoms with E-state index >= 15 is 0 Å². The number of amides is 1. The van der Waals surface area contributed by atoms with Crippen LogP contribution < -0.4 is 10.1 Å². The van der Waals surface area contributed by atoms with Gasteiger partial charge in [0.25, 0.3) is 5.91 Å². The van der Waals surface area contributed by atoms with Crippen LogP contribution in [0.1, 0.15) is 51.3 Å². The zero-order valence-electron chi connectivity index (χ0n) is 17.7. The van der Waals surface area contributed by atoms with Gasteiger partial charge in [-0.25, -0.2) is 4.98 Å². The molecule has 3 unspecified atom stereocenters. The Labute approximate surface area is 177 Å². The highest BCUT2D eigenvalue weighted by Gasteiger charge is 2.23. The number of benzene rings is 1. The van der Waals surface area contributed by atoms with E-state index in [1.54, 1.807) is 0 Å². The lowest BCUT2D eigenvalue weighted by Crippen LogP contribution is -2.44. The molecule has 7 heteroatoms. The summed E-state index contributed by atoms with van der Waals surface area (Å²) in [5.74, 6) is 0.965. The summed E-state index contributed by atoms with van der Waals surface area (Å²) in [6.45, 7) is 11.0. The standard InChI is InChI=1S/C22H31N3O3S/c1-5-15(2)19-8-6-7-9-20(19)27-13-21(26)24-22-23-18(14-29-22)12-25-10-16(3)28-17(4)11-25/h6-9,14-17H,5,10-13H2,1-4H3,(H,23,24,26). The van der Waals surface area contributed by atoms with Crippen LogP contribution in [0.5, 0.6) is 5.75 Å². The molecule has 2 heterocycles. The number of rotatable bonds is 8. The van der Waals surface area contributed by atoms with Crippen molar-refractivity contribution in [2.75, 3.05) is 25.0 Å².